The number of nitrogens with one attached hydrogen (secondary N) is 1. The van der Waals surface area contributed by atoms with Gasteiger partial charge in [-0.3, -0.25) is 10.1 Å². The van der Waals surface area contributed by atoms with Crippen molar-refractivity contribution >= 4 is 51.9 Å². The van der Waals surface area contributed by atoms with Crippen molar-refractivity contribution in [1.29, 1.82) is 0 Å². The van der Waals surface area contributed by atoms with Crippen molar-refractivity contribution in [1.82, 2.24) is 9.97 Å². The summed E-state index contributed by atoms with van der Waals surface area (Å²) in [5, 5.41) is 15.7. The molecule has 2 heterocycles. The van der Waals surface area contributed by atoms with Gasteiger partial charge in [-0.05, 0) is 30.3 Å². The molecular weight excluding hydrogens is 427 g/mol. The lowest BCUT2D eigenvalue weighted by Gasteiger charge is -2.36. The predicted octanol–water partition coefficient (Wildman–Crippen LogP) is 4.76. The lowest BCUT2D eigenvalue weighted by Crippen LogP contribution is -2.47. The fourth-order valence-electron chi connectivity index (χ4n) is 3.40. The molecule has 0 amide bonds. The number of hydrogen-bond acceptors (Lipinski definition) is 7. The molecule has 0 spiro atoms. The van der Waals surface area contributed by atoms with Crippen LogP contribution in [0.15, 0.2) is 54.9 Å². The third-order valence-corrected chi connectivity index (χ3v) is 5.43. The zero-order valence-corrected chi connectivity index (χ0v) is 17.3. The molecule has 1 N–H and O–H groups in total. The van der Waals surface area contributed by atoms with E-state index in [-0.39, 0.29) is 17.3 Å². The van der Waals surface area contributed by atoms with Crippen molar-refractivity contribution in [2.45, 2.75) is 0 Å². The van der Waals surface area contributed by atoms with Gasteiger partial charge >= 0.3 is 5.69 Å². The van der Waals surface area contributed by atoms with E-state index in [0.717, 1.165) is 18.8 Å². The van der Waals surface area contributed by atoms with Gasteiger partial charge in [0.05, 0.1) is 15.6 Å². The first-order valence-electron chi connectivity index (χ1n) is 9.29. The Morgan fingerprint density at radius 3 is 2.37 bits per heavy atom. The summed E-state index contributed by atoms with van der Waals surface area (Å²) < 4.78 is 0. The molecule has 4 rings (SSSR count). The zero-order chi connectivity index (χ0) is 21.1. The van der Waals surface area contributed by atoms with Crippen LogP contribution in [0.2, 0.25) is 10.0 Å². The summed E-state index contributed by atoms with van der Waals surface area (Å²) >= 11 is 12.2. The zero-order valence-electron chi connectivity index (χ0n) is 15.8. The van der Waals surface area contributed by atoms with Crippen molar-refractivity contribution in [2.75, 3.05) is 41.3 Å². The van der Waals surface area contributed by atoms with Crippen LogP contribution in [0.5, 0.6) is 0 Å². The molecule has 3 aromatic rings. The van der Waals surface area contributed by atoms with E-state index in [2.05, 4.69) is 32.3 Å². The van der Waals surface area contributed by atoms with Crippen LogP contribution in [-0.4, -0.2) is 41.1 Å². The van der Waals surface area contributed by atoms with Crippen molar-refractivity contribution in [3.8, 4) is 0 Å². The van der Waals surface area contributed by atoms with Crippen LogP contribution in [0.4, 0.5) is 28.7 Å². The first kappa shape index (κ1) is 20.2. The molecule has 0 unspecified atom stereocenters. The van der Waals surface area contributed by atoms with Gasteiger partial charge in [-0.2, -0.15) is 0 Å². The summed E-state index contributed by atoms with van der Waals surface area (Å²) in [5.41, 5.74) is 1.37. The molecule has 30 heavy (non-hydrogen) atoms. The van der Waals surface area contributed by atoms with Gasteiger partial charge in [-0.1, -0.05) is 41.4 Å². The van der Waals surface area contributed by atoms with Gasteiger partial charge in [0.25, 0.3) is 0 Å². The topological polar surface area (TPSA) is 87.4 Å². The van der Waals surface area contributed by atoms with E-state index >= 15 is 0 Å². The number of nitro groups is 1. The van der Waals surface area contributed by atoms with Crippen LogP contribution < -0.4 is 15.1 Å². The van der Waals surface area contributed by atoms with E-state index in [0.29, 0.717) is 28.8 Å². The molecule has 1 aromatic heterocycles. The van der Waals surface area contributed by atoms with E-state index < -0.39 is 4.92 Å². The van der Waals surface area contributed by atoms with Crippen LogP contribution in [0.25, 0.3) is 0 Å². The maximum absolute atomic E-state index is 11.9. The van der Waals surface area contributed by atoms with Gasteiger partial charge in [0, 0.05) is 36.9 Å². The molecule has 0 saturated carbocycles. The molecule has 1 saturated heterocycles. The molecule has 8 nitrogen and oxygen atoms in total. The lowest BCUT2D eigenvalue weighted by molar-refractivity contribution is -0.383. The molecule has 1 aliphatic heterocycles. The largest absolute Gasteiger partial charge is 0.368 e. The Kier molecular flexibility index (Phi) is 5.87. The molecule has 0 radical (unpaired) electrons. The van der Waals surface area contributed by atoms with E-state index in [1.165, 1.54) is 6.33 Å². The number of hydrogen-bond donors (Lipinski definition) is 1. The first-order chi connectivity index (χ1) is 14.5. The van der Waals surface area contributed by atoms with Crippen molar-refractivity contribution < 1.29 is 4.92 Å². The van der Waals surface area contributed by atoms with Gasteiger partial charge < -0.3 is 15.1 Å². The number of nitrogens with zero attached hydrogens (tertiary/aromatic N) is 5. The number of piperazine rings is 1. The summed E-state index contributed by atoms with van der Waals surface area (Å²) in [4.78, 5) is 23.9. The fraction of sp³-hybridized carbons (Fsp3) is 0.200. The number of para-hydroxylation sites is 1. The van der Waals surface area contributed by atoms with E-state index in [4.69, 9.17) is 23.2 Å². The second-order valence-electron chi connectivity index (χ2n) is 6.71. The van der Waals surface area contributed by atoms with Gasteiger partial charge in [-0.25, -0.2) is 9.97 Å². The fourth-order valence-corrected chi connectivity index (χ4v) is 3.73. The van der Waals surface area contributed by atoms with Gasteiger partial charge in [-0.15, -0.1) is 0 Å². The Morgan fingerprint density at radius 1 is 0.967 bits per heavy atom. The van der Waals surface area contributed by atoms with Gasteiger partial charge in [0.1, 0.15) is 6.33 Å². The summed E-state index contributed by atoms with van der Waals surface area (Å²) in [6.07, 6.45) is 1.31. The third-order valence-electron chi connectivity index (χ3n) is 4.87. The van der Waals surface area contributed by atoms with Crippen molar-refractivity contribution in [3.05, 3.63) is 75.0 Å². The monoisotopic (exact) mass is 444 g/mol. The first-order valence-corrected chi connectivity index (χ1v) is 10.0. The summed E-state index contributed by atoms with van der Waals surface area (Å²) in [5.74, 6) is 0.350. The molecule has 1 fully saturated rings. The Bertz CT molecular complexity index is 1060. The molecule has 0 bridgehead atoms. The molecule has 0 aliphatic carbocycles. The minimum atomic E-state index is -0.473. The van der Waals surface area contributed by atoms with Crippen molar-refractivity contribution in [2.24, 2.45) is 0 Å². The van der Waals surface area contributed by atoms with Crippen LogP contribution in [0.1, 0.15) is 0 Å². The summed E-state index contributed by atoms with van der Waals surface area (Å²) in [7, 11) is 0. The second kappa shape index (κ2) is 8.73. The molecule has 2 aromatic carbocycles. The SMILES string of the molecule is O=[N+]([O-])c1c(Nc2cc(Cl)ccc2Cl)ncnc1N1CCN(c2ccccc2)CC1. The minimum Gasteiger partial charge on any atom is -0.368 e. The van der Waals surface area contributed by atoms with E-state index in [9.17, 15) is 10.1 Å². The van der Waals surface area contributed by atoms with Crippen LogP contribution in [-0.2, 0) is 0 Å². The van der Waals surface area contributed by atoms with Crippen LogP contribution in [0.3, 0.4) is 0 Å². The molecular formula is C20H18Cl2N6O2. The predicted molar refractivity (Wildman–Crippen MR) is 119 cm³/mol. The lowest BCUT2D eigenvalue weighted by atomic mass is 10.2. The smallest absolute Gasteiger partial charge is 0.353 e. The highest BCUT2D eigenvalue weighted by atomic mass is 35.5. The minimum absolute atomic E-state index is 0.0691. The Labute approximate surface area is 183 Å². The van der Waals surface area contributed by atoms with Crippen LogP contribution in [0, 0.1) is 10.1 Å². The maximum Gasteiger partial charge on any atom is 0.353 e. The summed E-state index contributed by atoms with van der Waals surface area (Å²) in [6.45, 7) is 2.66. The quantitative estimate of drug-likeness (QED) is 0.448. The number of halogens is 2. The normalized spacial score (nSPS) is 13.9. The standard InChI is InChI=1S/C20H18Cl2N6O2/c21-14-6-7-16(22)17(12-14)25-19-18(28(29)30)20(24-13-23-19)27-10-8-26(9-11-27)15-4-2-1-3-5-15/h1-7,12-13H,8-11H2,(H,23,24,25). The highest BCUT2D eigenvalue weighted by Gasteiger charge is 2.29. The summed E-state index contributed by atoms with van der Waals surface area (Å²) in [6, 6.07) is 14.9. The van der Waals surface area contributed by atoms with Gasteiger partial charge in [0.2, 0.25) is 11.6 Å². The molecule has 10 heteroatoms. The Morgan fingerprint density at radius 2 is 1.67 bits per heavy atom. The van der Waals surface area contributed by atoms with Gasteiger partial charge in [0.15, 0.2) is 0 Å². The second-order valence-corrected chi connectivity index (χ2v) is 7.55. The Balaban J connectivity index is 1.59. The third kappa shape index (κ3) is 4.24. The average Bonchev–Trinajstić information content (AvgIpc) is 2.77. The number of anilines is 4. The maximum atomic E-state index is 11.9. The Hall–Kier alpha value is -3.10. The molecule has 0 atom stereocenters. The molecule has 1 aliphatic rings. The van der Waals surface area contributed by atoms with E-state index in [1.807, 2.05) is 23.1 Å². The average molecular weight is 445 g/mol. The molecule has 154 valence electrons. The number of rotatable bonds is 5. The highest BCUT2D eigenvalue weighted by molar-refractivity contribution is 6.35. The van der Waals surface area contributed by atoms with E-state index in [1.54, 1.807) is 18.2 Å². The highest BCUT2D eigenvalue weighted by Crippen LogP contribution is 2.36. The number of benzene rings is 2. The van der Waals surface area contributed by atoms with Crippen molar-refractivity contribution in [3.63, 3.8) is 0 Å². The van der Waals surface area contributed by atoms with Crippen LogP contribution >= 0.6 is 23.2 Å². The number of aromatic nitrogens is 2.